The van der Waals surface area contributed by atoms with Crippen molar-refractivity contribution in [3.63, 3.8) is 0 Å². The van der Waals surface area contributed by atoms with Crippen LogP contribution in [0.4, 0.5) is 5.69 Å². The smallest absolute Gasteiger partial charge is 0.0803 e. The maximum Gasteiger partial charge on any atom is 0.0803 e. The van der Waals surface area contributed by atoms with Crippen LogP contribution in [0.2, 0.25) is 39.3 Å². The molecule has 0 aliphatic rings. The van der Waals surface area contributed by atoms with Gasteiger partial charge in [0.25, 0.3) is 0 Å². The second-order valence-electron chi connectivity index (χ2n) is 6.75. The molecule has 0 aromatic heterocycles. The lowest BCUT2D eigenvalue weighted by Gasteiger charge is -2.25. The van der Waals surface area contributed by atoms with Gasteiger partial charge < -0.3 is 5.73 Å². The van der Waals surface area contributed by atoms with Crippen molar-refractivity contribution in [1.82, 2.24) is 0 Å². The number of benzene rings is 1. The van der Waals surface area contributed by atoms with Crippen LogP contribution in [0.25, 0.3) is 0 Å². The molecule has 3 heteroatoms. The molecule has 2 N–H and O–H groups in total. The molecular weight excluding hydrogens is 226 g/mol. The summed E-state index contributed by atoms with van der Waals surface area (Å²) < 4.78 is 0. The van der Waals surface area contributed by atoms with E-state index >= 15 is 0 Å². The molecule has 1 nitrogen and oxygen atoms in total. The van der Waals surface area contributed by atoms with Crippen LogP contribution < -0.4 is 16.1 Å². The largest absolute Gasteiger partial charge is 0.399 e. The van der Waals surface area contributed by atoms with Gasteiger partial charge in [-0.15, -0.1) is 0 Å². The summed E-state index contributed by atoms with van der Waals surface area (Å²) in [4.78, 5) is 0. The Morgan fingerprint density at radius 1 is 0.875 bits per heavy atom. The zero-order chi connectivity index (χ0) is 12.7. The molecule has 0 radical (unpaired) electrons. The van der Waals surface area contributed by atoms with E-state index in [0.29, 0.717) is 0 Å². The summed E-state index contributed by atoms with van der Waals surface area (Å²) in [5.74, 6) is 0. The molecule has 16 heavy (non-hydrogen) atoms. The predicted octanol–water partition coefficient (Wildman–Crippen LogP) is 2.67. The van der Waals surface area contributed by atoms with Crippen molar-refractivity contribution in [1.29, 1.82) is 0 Å². The van der Waals surface area contributed by atoms with E-state index in [9.17, 15) is 0 Å². The quantitative estimate of drug-likeness (QED) is 0.635. The fraction of sp³-hybridized carbons (Fsp3) is 0.538. The first-order valence-corrected chi connectivity index (χ1v) is 12.9. The van der Waals surface area contributed by atoms with Gasteiger partial charge in [-0.05, 0) is 17.7 Å². The third-order valence-electron chi connectivity index (χ3n) is 3.06. The highest BCUT2D eigenvalue weighted by Crippen LogP contribution is 2.14. The van der Waals surface area contributed by atoms with Gasteiger partial charge in [0.05, 0.1) is 16.1 Å². The summed E-state index contributed by atoms with van der Waals surface area (Å²) >= 11 is 0. The van der Waals surface area contributed by atoms with Gasteiger partial charge in [-0.1, -0.05) is 56.6 Å². The fourth-order valence-electron chi connectivity index (χ4n) is 1.85. The minimum absolute atomic E-state index is 1.03. The Kier molecular flexibility index (Phi) is 3.41. The molecule has 0 atom stereocenters. The number of aryl methyl sites for hydroxylation is 1. The summed E-state index contributed by atoms with van der Waals surface area (Å²) in [5.41, 5.74) is 8.52. The van der Waals surface area contributed by atoms with E-state index in [1.165, 1.54) is 15.9 Å². The van der Waals surface area contributed by atoms with Gasteiger partial charge in [0.2, 0.25) is 0 Å². The molecule has 0 saturated carbocycles. The summed E-state index contributed by atoms with van der Waals surface area (Å²) in [5, 5.41) is 2.97. The molecule has 0 unspecified atom stereocenters. The van der Waals surface area contributed by atoms with Crippen LogP contribution in [0.3, 0.4) is 0 Å². The van der Waals surface area contributed by atoms with E-state index in [4.69, 9.17) is 5.73 Å². The van der Waals surface area contributed by atoms with Crippen molar-refractivity contribution in [3.8, 4) is 0 Å². The monoisotopic (exact) mass is 251 g/mol. The molecule has 0 saturated heterocycles. The van der Waals surface area contributed by atoms with Crippen molar-refractivity contribution in [2.75, 3.05) is 5.73 Å². The number of nitrogens with two attached hydrogens (primary N) is 1. The maximum absolute atomic E-state index is 6.23. The average molecular weight is 252 g/mol. The normalized spacial score (nSPS) is 12.9. The van der Waals surface area contributed by atoms with Crippen molar-refractivity contribution < 1.29 is 0 Å². The minimum atomic E-state index is -1.32. The summed E-state index contributed by atoms with van der Waals surface area (Å²) in [7, 11) is -2.55. The molecule has 0 aliphatic carbocycles. The number of rotatable bonds is 2. The van der Waals surface area contributed by atoms with E-state index in [1.54, 1.807) is 0 Å². The van der Waals surface area contributed by atoms with E-state index in [-0.39, 0.29) is 0 Å². The molecule has 0 amide bonds. The molecule has 0 bridgehead atoms. The van der Waals surface area contributed by atoms with Gasteiger partial charge in [-0.2, -0.15) is 0 Å². The van der Waals surface area contributed by atoms with E-state index in [0.717, 1.165) is 5.69 Å². The Balaban J connectivity index is 3.46. The van der Waals surface area contributed by atoms with Crippen molar-refractivity contribution >= 4 is 32.2 Å². The van der Waals surface area contributed by atoms with Crippen LogP contribution in [0.1, 0.15) is 5.56 Å². The van der Waals surface area contributed by atoms with Gasteiger partial charge in [0.15, 0.2) is 0 Å². The van der Waals surface area contributed by atoms with Crippen molar-refractivity contribution in [2.45, 2.75) is 46.2 Å². The van der Waals surface area contributed by atoms with Crippen LogP contribution >= 0.6 is 0 Å². The molecule has 0 spiro atoms. The van der Waals surface area contributed by atoms with Gasteiger partial charge in [-0.25, -0.2) is 0 Å². The topological polar surface area (TPSA) is 26.0 Å². The zero-order valence-electron chi connectivity index (χ0n) is 11.7. The number of anilines is 1. The van der Waals surface area contributed by atoms with Gasteiger partial charge in [0.1, 0.15) is 0 Å². The predicted molar refractivity (Wildman–Crippen MR) is 81.6 cm³/mol. The Morgan fingerprint density at radius 3 is 1.75 bits per heavy atom. The summed E-state index contributed by atoms with van der Waals surface area (Å²) in [6, 6.07) is 4.69. The summed E-state index contributed by atoms with van der Waals surface area (Å²) in [6.45, 7) is 16.4. The molecule has 0 heterocycles. The number of hydrogen-bond acceptors (Lipinski definition) is 1. The van der Waals surface area contributed by atoms with Gasteiger partial charge >= 0.3 is 0 Å². The first kappa shape index (κ1) is 13.5. The molecule has 0 fully saturated rings. The lowest BCUT2D eigenvalue weighted by molar-refractivity contribution is 1.49. The number of hydrogen-bond donors (Lipinski definition) is 1. The lowest BCUT2D eigenvalue weighted by atomic mass is 10.2. The van der Waals surface area contributed by atoms with Crippen LogP contribution in [0.15, 0.2) is 12.1 Å². The molecule has 1 aromatic carbocycles. The lowest BCUT2D eigenvalue weighted by Crippen LogP contribution is -2.46. The Hall–Kier alpha value is -0.546. The van der Waals surface area contributed by atoms with Crippen LogP contribution in [0, 0.1) is 6.92 Å². The first-order chi connectivity index (χ1) is 7.03. The molecule has 1 aromatic rings. The van der Waals surface area contributed by atoms with Gasteiger partial charge in [0, 0.05) is 5.69 Å². The first-order valence-electron chi connectivity index (χ1n) is 5.94. The second-order valence-corrected chi connectivity index (χ2v) is 16.9. The Labute approximate surface area is 102 Å². The van der Waals surface area contributed by atoms with Crippen LogP contribution in [0.5, 0.6) is 0 Å². The highest BCUT2D eigenvalue weighted by atomic mass is 28.3. The van der Waals surface area contributed by atoms with Crippen LogP contribution in [-0.4, -0.2) is 16.1 Å². The Bertz CT molecular complexity index is 398. The SMILES string of the molecule is Cc1cc([Si](C)(C)C)cc([Si](C)(C)C)c1N. The summed E-state index contributed by atoms with van der Waals surface area (Å²) in [6.07, 6.45) is 0. The fourth-order valence-corrected chi connectivity index (χ4v) is 4.82. The highest BCUT2D eigenvalue weighted by Gasteiger charge is 2.24. The average Bonchev–Trinajstić information content (AvgIpc) is 2.05. The van der Waals surface area contributed by atoms with Gasteiger partial charge in [-0.3, -0.25) is 0 Å². The molecule has 90 valence electrons. The maximum atomic E-state index is 6.23. The highest BCUT2D eigenvalue weighted by molar-refractivity contribution is 6.92. The molecular formula is C13H25NSi2. The van der Waals surface area contributed by atoms with Crippen LogP contribution in [-0.2, 0) is 0 Å². The minimum Gasteiger partial charge on any atom is -0.399 e. The third kappa shape index (κ3) is 2.77. The van der Waals surface area contributed by atoms with E-state index in [2.05, 4.69) is 58.3 Å². The zero-order valence-corrected chi connectivity index (χ0v) is 13.7. The van der Waals surface area contributed by atoms with Crippen molar-refractivity contribution in [3.05, 3.63) is 17.7 Å². The third-order valence-corrected chi connectivity index (χ3v) is 7.11. The molecule has 0 aliphatic heterocycles. The van der Waals surface area contributed by atoms with Crippen molar-refractivity contribution in [2.24, 2.45) is 0 Å². The number of nitrogen functional groups attached to an aromatic ring is 1. The molecule has 1 rings (SSSR count). The second kappa shape index (κ2) is 4.04. The van der Waals surface area contributed by atoms with E-state index < -0.39 is 16.1 Å². The van der Waals surface area contributed by atoms with E-state index in [1.807, 2.05) is 0 Å². The Morgan fingerprint density at radius 2 is 1.38 bits per heavy atom. The standard InChI is InChI=1S/C13H25NSi2/c1-10-8-11(15(2,3)4)9-12(13(10)14)16(5,6)7/h8-9H,14H2,1-7H3.